The molecule has 0 saturated carbocycles. The number of anilines is 1. The molecule has 132 valence electrons. The number of nitrogens with one attached hydrogen (secondary N) is 1. The lowest BCUT2D eigenvalue weighted by molar-refractivity contribution is 0.155. The minimum Gasteiger partial charge on any atom is -0.472 e. The molecule has 0 aliphatic carbocycles. The number of rotatable bonds is 4. The average molecular weight is 368 g/mol. The Balaban J connectivity index is 1.40. The van der Waals surface area contributed by atoms with Gasteiger partial charge in [-0.25, -0.2) is 14.8 Å². The molecule has 4 rings (SSSR count). The molecule has 0 spiro atoms. The molecule has 0 fully saturated rings. The van der Waals surface area contributed by atoms with Gasteiger partial charge in [-0.15, -0.1) is 0 Å². The normalized spacial score (nSPS) is 11.0. The number of thiazole rings is 1. The summed E-state index contributed by atoms with van der Waals surface area (Å²) in [4.78, 5) is 20.9. The summed E-state index contributed by atoms with van der Waals surface area (Å²) in [5, 5.41) is 4.19. The van der Waals surface area contributed by atoms with E-state index < -0.39 is 6.09 Å². The third-order valence-electron chi connectivity index (χ3n) is 3.94. The van der Waals surface area contributed by atoms with E-state index in [1.165, 1.54) is 11.3 Å². The quantitative estimate of drug-likeness (QED) is 0.579. The van der Waals surface area contributed by atoms with E-state index in [1.807, 2.05) is 42.8 Å². The van der Waals surface area contributed by atoms with Crippen molar-refractivity contribution in [1.29, 1.82) is 0 Å². The van der Waals surface area contributed by atoms with Gasteiger partial charge < -0.3 is 13.7 Å². The first-order chi connectivity index (χ1) is 12.6. The fourth-order valence-electron chi connectivity index (χ4n) is 2.57. The number of nitrogens with zero attached hydrogens (tertiary/aromatic N) is 3. The van der Waals surface area contributed by atoms with Gasteiger partial charge in [-0.1, -0.05) is 17.4 Å². The van der Waals surface area contributed by atoms with Gasteiger partial charge in [0.25, 0.3) is 0 Å². The number of aryl methyl sites for hydroxylation is 2. The fraction of sp³-hybridized carbons (Fsp3) is 0.167. The molecule has 1 N–H and O–H groups in total. The third kappa shape index (κ3) is 3.18. The molecule has 0 aliphatic rings. The zero-order valence-electron chi connectivity index (χ0n) is 14.2. The van der Waals surface area contributed by atoms with Crippen LogP contribution < -0.4 is 5.32 Å². The van der Waals surface area contributed by atoms with Crippen molar-refractivity contribution in [3.05, 3.63) is 54.4 Å². The van der Waals surface area contributed by atoms with Crippen LogP contribution in [0.4, 0.5) is 9.80 Å². The molecular weight excluding hydrogens is 352 g/mol. The van der Waals surface area contributed by atoms with E-state index in [9.17, 15) is 4.79 Å². The van der Waals surface area contributed by atoms with Crippen LogP contribution in [0.1, 0.15) is 11.3 Å². The van der Waals surface area contributed by atoms with Crippen LogP contribution >= 0.6 is 11.3 Å². The molecule has 1 amide bonds. The van der Waals surface area contributed by atoms with Crippen molar-refractivity contribution < 1.29 is 13.9 Å². The van der Waals surface area contributed by atoms with Crippen LogP contribution in [0.5, 0.6) is 0 Å². The molecule has 26 heavy (non-hydrogen) atoms. The van der Waals surface area contributed by atoms with E-state index >= 15 is 0 Å². The Labute approximate surface area is 153 Å². The van der Waals surface area contributed by atoms with Crippen molar-refractivity contribution >= 4 is 33.5 Å². The summed E-state index contributed by atoms with van der Waals surface area (Å²) in [5.74, 6) is 0. The van der Waals surface area contributed by atoms with E-state index in [-0.39, 0.29) is 6.61 Å². The van der Waals surface area contributed by atoms with Gasteiger partial charge in [0, 0.05) is 12.6 Å². The van der Waals surface area contributed by atoms with Crippen LogP contribution in [0, 0.1) is 6.92 Å². The summed E-state index contributed by atoms with van der Waals surface area (Å²) < 4.78 is 12.3. The van der Waals surface area contributed by atoms with E-state index in [2.05, 4.69) is 15.3 Å². The number of fused-ring (bicyclic) bond motifs is 1. The predicted molar refractivity (Wildman–Crippen MR) is 99.1 cm³/mol. The van der Waals surface area contributed by atoms with E-state index in [0.717, 1.165) is 32.9 Å². The predicted octanol–water partition coefficient (Wildman–Crippen LogP) is 4.35. The lowest BCUT2D eigenvalue weighted by Crippen LogP contribution is -2.13. The molecule has 3 aromatic heterocycles. The van der Waals surface area contributed by atoms with E-state index in [0.29, 0.717) is 5.00 Å². The Morgan fingerprint density at radius 2 is 2.27 bits per heavy atom. The molecule has 0 unspecified atom stereocenters. The van der Waals surface area contributed by atoms with Crippen LogP contribution in [0.2, 0.25) is 0 Å². The van der Waals surface area contributed by atoms with Crippen LogP contribution in [0.25, 0.3) is 21.6 Å². The molecule has 4 aromatic rings. The van der Waals surface area contributed by atoms with Crippen molar-refractivity contribution in [2.24, 2.45) is 7.05 Å². The van der Waals surface area contributed by atoms with Crippen LogP contribution in [-0.4, -0.2) is 20.6 Å². The molecule has 0 saturated heterocycles. The van der Waals surface area contributed by atoms with Gasteiger partial charge >= 0.3 is 6.09 Å². The van der Waals surface area contributed by atoms with E-state index in [4.69, 9.17) is 9.15 Å². The highest BCUT2D eigenvalue weighted by molar-refractivity contribution is 7.19. The number of carbonyl (C=O) groups excluding carboxylic acids is 1. The second-order valence-corrected chi connectivity index (χ2v) is 6.82. The largest absolute Gasteiger partial charge is 0.472 e. The Bertz CT molecular complexity index is 1070. The van der Waals surface area contributed by atoms with Crippen LogP contribution in [-0.2, 0) is 18.4 Å². The van der Waals surface area contributed by atoms with Gasteiger partial charge in [-0.3, -0.25) is 5.32 Å². The summed E-state index contributed by atoms with van der Waals surface area (Å²) >= 11 is 1.38. The number of amides is 1. The first-order valence-corrected chi connectivity index (χ1v) is 8.75. The second-order valence-electron chi connectivity index (χ2n) is 5.83. The monoisotopic (exact) mass is 368 g/mol. The Hall–Kier alpha value is -3.13. The Morgan fingerprint density at radius 1 is 1.38 bits per heavy atom. The first kappa shape index (κ1) is 16.3. The molecule has 0 radical (unpaired) electrons. The minimum atomic E-state index is -0.517. The molecular formula is C18H16N4O3S. The minimum absolute atomic E-state index is 0.171. The highest BCUT2D eigenvalue weighted by atomic mass is 32.1. The Morgan fingerprint density at radius 3 is 3.08 bits per heavy atom. The van der Waals surface area contributed by atoms with Gasteiger partial charge in [-0.2, -0.15) is 0 Å². The maximum atomic E-state index is 12.1. The summed E-state index contributed by atoms with van der Waals surface area (Å²) in [6, 6.07) is 7.63. The lowest BCUT2D eigenvalue weighted by Gasteiger charge is -2.06. The zero-order valence-corrected chi connectivity index (χ0v) is 15.0. The summed E-state index contributed by atoms with van der Waals surface area (Å²) in [6.45, 7) is 2.01. The number of ether oxygens (including phenoxy) is 1. The molecule has 1 aromatic carbocycles. The van der Waals surface area contributed by atoms with E-state index in [1.54, 1.807) is 18.9 Å². The van der Waals surface area contributed by atoms with Crippen LogP contribution in [0.3, 0.4) is 0 Å². The first-order valence-electron chi connectivity index (χ1n) is 7.94. The number of aromatic nitrogens is 3. The standard InChI is InChI=1S/C18H16N4O3S/c1-11-16(26-17(20-11)13-5-6-24-9-13)21-18(23)25-8-12-3-4-15-14(7-12)19-10-22(15)2/h3-7,9-10H,8H2,1-2H3,(H,21,23). The maximum Gasteiger partial charge on any atom is 0.412 e. The number of hydrogen-bond donors (Lipinski definition) is 1. The highest BCUT2D eigenvalue weighted by Crippen LogP contribution is 2.32. The van der Waals surface area contributed by atoms with Gasteiger partial charge in [0.05, 0.1) is 29.3 Å². The molecule has 8 heteroatoms. The SMILES string of the molecule is Cc1nc(-c2ccoc2)sc1NC(=O)OCc1ccc2c(c1)ncn2C. The zero-order chi connectivity index (χ0) is 18.1. The fourth-order valence-corrected chi connectivity index (χ4v) is 3.51. The second kappa shape index (κ2) is 6.64. The van der Waals surface area contributed by atoms with Crippen molar-refractivity contribution in [1.82, 2.24) is 14.5 Å². The Kier molecular flexibility index (Phi) is 4.18. The van der Waals surface area contributed by atoms with Crippen molar-refractivity contribution in [2.45, 2.75) is 13.5 Å². The lowest BCUT2D eigenvalue weighted by atomic mass is 10.2. The highest BCUT2D eigenvalue weighted by Gasteiger charge is 2.13. The third-order valence-corrected chi connectivity index (χ3v) is 5.06. The van der Waals surface area contributed by atoms with Crippen LogP contribution in [0.15, 0.2) is 47.5 Å². The van der Waals surface area contributed by atoms with Crippen molar-refractivity contribution in [2.75, 3.05) is 5.32 Å². The maximum absolute atomic E-state index is 12.1. The van der Waals surface area contributed by atoms with Gasteiger partial charge in [0.1, 0.15) is 22.9 Å². The smallest absolute Gasteiger partial charge is 0.412 e. The number of furan rings is 1. The van der Waals surface area contributed by atoms with Crippen molar-refractivity contribution in [3.8, 4) is 10.6 Å². The number of carbonyl (C=O) groups is 1. The molecule has 0 atom stereocenters. The van der Waals surface area contributed by atoms with Gasteiger partial charge in [0.2, 0.25) is 0 Å². The molecule has 0 aliphatic heterocycles. The number of hydrogen-bond acceptors (Lipinski definition) is 6. The summed E-state index contributed by atoms with van der Waals surface area (Å²) in [5.41, 5.74) is 4.40. The number of benzene rings is 1. The average Bonchev–Trinajstić information content (AvgIpc) is 3.35. The van der Waals surface area contributed by atoms with Gasteiger partial charge in [0.15, 0.2) is 0 Å². The number of imidazole rings is 1. The summed E-state index contributed by atoms with van der Waals surface area (Å²) in [6.07, 6.45) is 4.45. The molecule has 7 nitrogen and oxygen atoms in total. The summed E-state index contributed by atoms with van der Waals surface area (Å²) in [7, 11) is 1.94. The molecule has 0 bridgehead atoms. The topological polar surface area (TPSA) is 82.2 Å². The van der Waals surface area contributed by atoms with Crippen molar-refractivity contribution in [3.63, 3.8) is 0 Å². The van der Waals surface area contributed by atoms with Gasteiger partial charge in [-0.05, 0) is 30.7 Å². The molecule has 3 heterocycles.